The van der Waals surface area contributed by atoms with Crippen molar-refractivity contribution in [2.24, 2.45) is 0 Å². The lowest BCUT2D eigenvalue weighted by Gasteiger charge is -2.06. The number of rotatable bonds is 13. The lowest BCUT2D eigenvalue weighted by molar-refractivity contribution is -0.385. The number of furan rings is 2. The molecule has 0 bridgehead atoms. The first-order chi connectivity index (χ1) is 56.4. The smallest absolute Gasteiger partial charge is 0.475 e. The highest BCUT2D eigenvalue weighted by atomic mass is 79.9. The summed E-state index contributed by atoms with van der Waals surface area (Å²) in [5.74, 6) is -2.79. The van der Waals surface area contributed by atoms with Gasteiger partial charge in [-0.15, -0.1) is 0 Å². The van der Waals surface area contributed by atoms with Gasteiger partial charge in [-0.1, -0.05) is 121 Å². The number of carbonyl (C=O) groups excluding carboxylic acids is 1. The minimum absolute atomic E-state index is 0.0702. The van der Waals surface area contributed by atoms with Crippen molar-refractivity contribution >= 4 is 86.2 Å². The molecule has 0 spiro atoms. The monoisotopic (exact) mass is 1640 g/mol. The van der Waals surface area contributed by atoms with Gasteiger partial charge in [0.2, 0.25) is 28.9 Å². The number of nitrogens with one attached hydrogen (secondary N) is 1. The molecule has 18 rings (SSSR count). The van der Waals surface area contributed by atoms with E-state index in [1.54, 1.807) is 104 Å². The number of nitrogens with zero attached hydrogens (tertiary/aromatic N) is 14. The van der Waals surface area contributed by atoms with Crippen LogP contribution in [0.2, 0.25) is 0 Å². The standard InChI is InChI=1S/C23H14F2N4O2.C18H11FN4O2.C18H13FN4.C12H6BrFN4O2.C6H7BO2.C5H3FO3/c24-18-7-6-16(27-22(30)20-8-9-21(25)31-20)10-17(18)19-13-29-12-15(11-26-23(29)28-19)14-4-2-1-3-5-14;19-16-7-6-14(23(24)25)8-15(16)17-11-22-10-13(9-20-18(22)21-17)12-4-2-1-3-5-12;19-16-7-6-14(20)8-15(16)17-11-23-10-13(9-21-18(23)22-17)12-4-2-1-3-5-12;13-7-4-15-12-16-11(6-17(12)5-7)9-3-8(18(19)20)1-2-10(9)14;8-7(9)6-4-2-1-3-5-6;6-4-2-1-3(9-4)5(7)8/h1-13H,(H,27,30);1-11H;1-11H,20H2;1-6H;1-5,8-9H;1-2H,(H,7,8). The van der Waals surface area contributed by atoms with Gasteiger partial charge in [-0.05, 0) is 98.7 Å². The fourth-order valence-electron chi connectivity index (χ4n) is 11.2. The molecule has 0 aliphatic heterocycles. The lowest BCUT2D eigenvalue weighted by atomic mass is 9.81. The van der Waals surface area contributed by atoms with E-state index >= 15 is 0 Å². The molecule has 0 fully saturated rings. The molecule has 0 aliphatic rings. The van der Waals surface area contributed by atoms with E-state index in [1.165, 1.54) is 42.5 Å². The molecular formula is C82H54BBrF6N16O11. The van der Waals surface area contributed by atoms with Crippen LogP contribution in [-0.4, -0.2) is 101 Å². The average molecular weight is 1640 g/mol. The third-order valence-electron chi connectivity index (χ3n) is 16.8. The minimum Gasteiger partial charge on any atom is -0.475 e. The predicted molar refractivity (Wildman–Crippen MR) is 424 cm³/mol. The van der Waals surface area contributed by atoms with Crippen LogP contribution in [0.5, 0.6) is 0 Å². The summed E-state index contributed by atoms with van der Waals surface area (Å²) >= 11 is 3.27. The number of carbonyl (C=O) groups is 2. The Hall–Kier alpha value is -15.6. The first-order valence-corrected chi connectivity index (χ1v) is 35.1. The van der Waals surface area contributed by atoms with Crippen molar-refractivity contribution in [2.75, 3.05) is 11.1 Å². The van der Waals surface area contributed by atoms with E-state index in [1.807, 2.05) is 116 Å². The first-order valence-electron chi connectivity index (χ1n) is 34.3. The van der Waals surface area contributed by atoms with Crippen LogP contribution >= 0.6 is 15.9 Å². The molecule has 0 saturated carbocycles. The minimum atomic E-state index is -1.34. The second kappa shape index (κ2) is 35.8. The van der Waals surface area contributed by atoms with Crippen LogP contribution in [0.25, 0.3) is 102 Å². The molecule has 117 heavy (non-hydrogen) atoms. The van der Waals surface area contributed by atoms with E-state index in [2.05, 4.69) is 70.0 Å². The van der Waals surface area contributed by atoms with Gasteiger partial charge >= 0.3 is 13.1 Å². The normalized spacial score (nSPS) is 10.7. The Balaban J connectivity index is 0.000000127. The number of anilines is 2. The van der Waals surface area contributed by atoms with Gasteiger partial charge in [0, 0.05) is 161 Å². The number of imidazole rings is 4. The zero-order chi connectivity index (χ0) is 82.4. The number of nitro groups is 2. The van der Waals surface area contributed by atoms with Gasteiger partial charge in [-0.2, -0.15) is 8.78 Å². The van der Waals surface area contributed by atoms with Gasteiger partial charge < -0.3 is 35.0 Å². The van der Waals surface area contributed by atoms with Gasteiger partial charge in [0.05, 0.1) is 37.1 Å². The van der Waals surface area contributed by atoms with Crippen LogP contribution in [0, 0.1) is 55.5 Å². The molecule has 0 aliphatic carbocycles. The molecule has 0 atom stereocenters. The van der Waals surface area contributed by atoms with Crippen molar-refractivity contribution in [3.8, 4) is 78.4 Å². The number of nitrogens with two attached hydrogens (primary N) is 1. The molecule has 1 amide bonds. The number of halogens is 7. The molecule has 0 saturated heterocycles. The Morgan fingerprint density at radius 2 is 0.769 bits per heavy atom. The molecule has 10 heterocycles. The van der Waals surface area contributed by atoms with Gasteiger partial charge in [0.1, 0.15) is 23.3 Å². The molecule has 0 unspecified atom stereocenters. The second-order valence-corrected chi connectivity index (χ2v) is 25.7. The van der Waals surface area contributed by atoms with Crippen molar-refractivity contribution in [1.82, 2.24) is 57.5 Å². The highest BCUT2D eigenvalue weighted by Crippen LogP contribution is 2.32. The van der Waals surface area contributed by atoms with Crippen LogP contribution in [0.15, 0.2) is 306 Å². The van der Waals surface area contributed by atoms with Crippen LogP contribution in [0.4, 0.5) is 49.1 Å². The largest absolute Gasteiger partial charge is 0.488 e. The highest BCUT2D eigenvalue weighted by molar-refractivity contribution is 9.10. The van der Waals surface area contributed by atoms with Crippen molar-refractivity contribution in [3.63, 3.8) is 0 Å². The van der Waals surface area contributed by atoms with Gasteiger partial charge in [-0.25, -0.2) is 62.2 Å². The maximum Gasteiger partial charge on any atom is 0.488 e. The summed E-state index contributed by atoms with van der Waals surface area (Å²) in [4.78, 5) is 76.9. The topological polar surface area (TPSA) is 366 Å². The zero-order valence-electron chi connectivity index (χ0n) is 59.9. The number of hydrogen-bond donors (Lipinski definition) is 5. The number of carboxylic acid groups (broad SMARTS) is 1. The fourth-order valence-corrected chi connectivity index (χ4v) is 11.6. The number of benzene rings is 8. The SMILES string of the molecule is Nc1ccc(F)c(-c2cn3cc(-c4ccccc4)cnc3n2)c1.O=C(Nc1ccc(F)c(-c2cn3cc(-c4ccccc4)cnc3n2)c1)c1ccc(F)o1.O=C(O)c1ccc(F)o1.O=[N+]([O-])c1ccc(F)c(-c2cn3cc(-c4ccccc4)cnc3n2)c1.O=[N+]([O-])c1ccc(F)c(-c2cn3cc(Br)cnc3n2)c1.OB(O)c1ccccc1. The number of fused-ring (bicyclic) bond motifs is 4. The Labute approximate surface area is 663 Å². The fraction of sp³-hybridized carbons (Fsp3) is 0. The number of aromatic nitrogens is 12. The van der Waals surface area contributed by atoms with Crippen molar-refractivity contribution in [3.05, 3.63) is 364 Å². The summed E-state index contributed by atoms with van der Waals surface area (Å²) in [6.07, 6.45) is 20.7. The number of hydrogen-bond acceptors (Lipinski definition) is 19. The van der Waals surface area contributed by atoms with E-state index in [0.29, 0.717) is 62.6 Å². The molecule has 6 N–H and O–H groups in total. The van der Waals surface area contributed by atoms with Crippen LogP contribution in [-0.2, 0) is 0 Å². The third-order valence-corrected chi connectivity index (χ3v) is 17.3. The number of nitrogen functional groups attached to an aromatic ring is 1. The summed E-state index contributed by atoms with van der Waals surface area (Å²) in [5.41, 5.74) is 14.6. The summed E-state index contributed by atoms with van der Waals surface area (Å²) in [6.45, 7) is 0. The molecule has 27 nitrogen and oxygen atoms in total. The molecule has 35 heteroatoms. The van der Waals surface area contributed by atoms with E-state index in [-0.39, 0.29) is 51.1 Å². The van der Waals surface area contributed by atoms with Gasteiger partial charge in [0.15, 0.2) is 5.76 Å². The van der Waals surface area contributed by atoms with Crippen LogP contribution in [0.3, 0.4) is 0 Å². The van der Waals surface area contributed by atoms with Crippen LogP contribution in [0.1, 0.15) is 21.1 Å². The molecule has 10 aromatic heterocycles. The van der Waals surface area contributed by atoms with E-state index < -0.39 is 58.3 Å². The summed E-state index contributed by atoms with van der Waals surface area (Å²) < 4.78 is 97.6. The summed E-state index contributed by atoms with van der Waals surface area (Å²) in [6, 6.07) is 55.8. The number of non-ortho nitro benzene ring substituents is 2. The molecule has 18 aromatic rings. The zero-order valence-corrected chi connectivity index (χ0v) is 61.5. The second-order valence-electron chi connectivity index (χ2n) is 24.8. The van der Waals surface area contributed by atoms with Gasteiger partial charge in [-0.3, -0.25) is 42.6 Å². The van der Waals surface area contributed by atoms with Crippen molar-refractivity contribution in [1.29, 1.82) is 0 Å². The summed E-state index contributed by atoms with van der Waals surface area (Å²) in [7, 11) is -1.34. The average Bonchev–Trinajstić information content (AvgIpc) is 1.71. The molecule has 580 valence electrons. The predicted octanol–water partition coefficient (Wildman–Crippen LogP) is 16.8. The van der Waals surface area contributed by atoms with E-state index in [4.69, 9.17) is 20.9 Å². The molecule has 8 aromatic carbocycles. The maximum atomic E-state index is 14.5. The third kappa shape index (κ3) is 19.6. The van der Waals surface area contributed by atoms with Gasteiger partial charge in [0.25, 0.3) is 29.3 Å². The van der Waals surface area contributed by atoms with E-state index in [9.17, 15) is 56.2 Å². The van der Waals surface area contributed by atoms with Crippen molar-refractivity contribution < 1.29 is 69.8 Å². The van der Waals surface area contributed by atoms with Crippen LogP contribution < -0.4 is 16.5 Å². The van der Waals surface area contributed by atoms with Crippen molar-refractivity contribution in [2.45, 2.75) is 0 Å². The maximum absolute atomic E-state index is 14.5. The molecular weight excluding hydrogens is 1590 g/mol. The highest BCUT2D eigenvalue weighted by Gasteiger charge is 2.21. The number of nitro benzene ring substituents is 2. The summed E-state index contributed by atoms with van der Waals surface area (Å²) in [5, 5.41) is 49.5. The number of aromatic carboxylic acids is 1. The Bertz CT molecular complexity index is 6640. The lowest BCUT2D eigenvalue weighted by Crippen LogP contribution is -2.29. The Morgan fingerprint density at radius 1 is 0.419 bits per heavy atom. The first kappa shape index (κ1) is 79.5. The molecule has 0 radical (unpaired) electrons. The number of carboxylic acids is 1. The quantitative estimate of drug-likeness (QED) is 0.0235. The number of amides is 1. The Morgan fingerprint density at radius 3 is 1.13 bits per heavy atom. The van der Waals surface area contributed by atoms with E-state index in [0.717, 1.165) is 86.4 Å². The Kier molecular flexibility index (Phi) is 24.3.